The molecule has 0 unspecified atom stereocenters. The van der Waals surface area contributed by atoms with Crippen LogP contribution in [-0.4, -0.2) is 10.2 Å². The molecule has 0 aliphatic heterocycles. The van der Waals surface area contributed by atoms with E-state index in [9.17, 15) is 17.6 Å². The third kappa shape index (κ3) is 1.28. The number of benzene rings is 1. The van der Waals surface area contributed by atoms with Crippen molar-refractivity contribution < 1.29 is 17.6 Å². The van der Waals surface area contributed by atoms with E-state index in [1.54, 1.807) is 0 Å². The monoisotopic (exact) mass is 177 g/mol. The predicted molar refractivity (Wildman–Crippen MR) is 31.7 cm³/mol. The van der Waals surface area contributed by atoms with E-state index in [1.807, 2.05) is 0 Å². The largest absolute Gasteiger partial charge is 0.207 e. The molecule has 0 saturated carbocycles. The maximum atomic E-state index is 12.3. The molecular formula is C6HF4Si. The molecule has 0 atom stereocenters. The van der Waals surface area contributed by atoms with E-state index in [-0.39, 0.29) is 6.07 Å². The van der Waals surface area contributed by atoms with Crippen LogP contribution in [0, 0.1) is 23.3 Å². The van der Waals surface area contributed by atoms with E-state index in [2.05, 4.69) is 10.2 Å². The van der Waals surface area contributed by atoms with Crippen molar-refractivity contribution in [3.05, 3.63) is 29.3 Å². The van der Waals surface area contributed by atoms with Crippen LogP contribution in [-0.2, 0) is 0 Å². The molecule has 3 radical (unpaired) electrons. The van der Waals surface area contributed by atoms with Crippen LogP contribution in [0.3, 0.4) is 0 Å². The minimum atomic E-state index is -1.68. The first kappa shape index (κ1) is 8.26. The molecule has 0 amide bonds. The Kier molecular flexibility index (Phi) is 1.99. The van der Waals surface area contributed by atoms with Crippen LogP contribution in [0.25, 0.3) is 0 Å². The molecule has 0 aromatic heterocycles. The zero-order valence-corrected chi connectivity index (χ0v) is 6.09. The van der Waals surface area contributed by atoms with Gasteiger partial charge in [0.25, 0.3) is 0 Å². The van der Waals surface area contributed by atoms with Gasteiger partial charge in [0.15, 0.2) is 17.5 Å². The van der Waals surface area contributed by atoms with Crippen molar-refractivity contribution in [1.82, 2.24) is 0 Å². The first-order valence-electron chi connectivity index (χ1n) is 2.58. The van der Waals surface area contributed by atoms with Gasteiger partial charge < -0.3 is 0 Å². The zero-order valence-electron chi connectivity index (χ0n) is 5.09. The fourth-order valence-corrected chi connectivity index (χ4v) is 0.748. The van der Waals surface area contributed by atoms with Crippen molar-refractivity contribution in [3.63, 3.8) is 0 Å². The Morgan fingerprint density at radius 2 is 1.45 bits per heavy atom. The Bertz CT molecular complexity index is 271. The van der Waals surface area contributed by atoms with Crippen LogP contribution in [0.4, 0.5) is 17.6 Å². The second-order valence-corrected chi connectivity index (χ2v) is 2.34. The minimum absolute atomic E-state index is 0.265. The maximum Gasteiger partial charge on any atom is 0.194 e. The summed E-state index contributed by atoms with van der Waals surface area (Å²) in [6.45, 7) is 0. The van der Waals surface area contributed by atoms with Gasteiger partial charge in [-0.05, 0) is 0 Å². The third-order valence-electron chi connectivity index (χ3n) is 1.11. The highest BCUT2D eigenvalue weighted by molar-refractivity contribution is 6.32. The first-order chi connectivity index (χ1) is 5.04. The number of hydrogen-bond donors (Lipinski definition) is 0. The van der Waals surface area contributed by atoms with E-state index in [1.165, 1.54) is 0 Å². The summed E-state index contributed by atoms with van der Waals surface area (Å²) in [4.78, 5) is 0. The van der Waals surface area contributed by atoms with Crippen molar-refractivity contribution in [1.29, 1.82) is 0 Å². The van der Waals surface area contributed by atoms with Crippen molar-refractivity contribution in [3.8, 4) is 0 Å². The van der Waals surface area contributed by atoms with Crippen molar-refractivity contribution in [2.45, 2.75) is 0 Å². The maximum absolute atomic E-state index is 12.3. The standard InChI is InChI=1S/C6HF4Si/c7-2-1-3(8)6(11)5(10)4(2)9/h1H. The Labute approximate surface area is 63.3 Å². The molecule has 0 heterocycles. The molecule has 0 bridgehead atoms. The number of halogens is 4. The zero-order chi connectivity index (χ0) is 8.59. The first-order valence-corrected chi connectivity index (χ1v) is 3.08. The lowest BCUT2D eigenvalue weighted by Crippen LogP contribution is -2.17. The van der Waals surface area contributed by atoms with Crippen LogP contribution >= 0.6 is 0 Å². The van der Waals surface area contributed by atoms with Crippen LogP contribution in [0.15, 0.2) is 6.07 Å². The van der Waals surface area contributed by atoms with E-state index in [0.717, 1.165) is 0 Å². The lowest BCUT2D eigenvalue weighted by Gasteiger charge is -1.99. The van der Waals surface area contributed by atoms with Gasteiger partial charge in [-0.3, -0.25) is 0 Å². The van der Waals surface area contributed by atoms with Gasteiger partial charge in [0.05, 0.1) is 10.2 Å². The molecule has 5 heteroatoms. The fourth-order valence-electron chi connectivity index (χ4n) is 0.566. The third-order valence-corrected chi connectivity index (χ3v) is 1.57. The summed E-state index contributed by atoms with van der Waals surface area (Å²) < 4.78 is 49.0. The highest BCUT2D eigenvalue weighted by Crippen LogP contribution is 2.09. The van der Waals surface area contributed by atoms with Crippen LogP contribution in [0.5, 0.6) is 0 Å². The summed E-state index contributed by atoms with van der Waals surface area (Å²) in [5, 5.41) is -0.705. The second kappa shape index (κ2) is 2.65. The quantitative estimate of drug-likeness (QED) is 0.240. The minimum Gasteiger partial charge on any atom is -0.207 e. The summed E-state index contributed by atoms with van der Waals surface area (Å²) in [5.41, 5.74) is 0. The molecule has 57 valence electrons. The summed E-state index contributed by atoms with van der Waals surface area (Å²) >= 11 is 0. The van der Waals surface area contributed by atoms with Crippen molar-refractivity contribution in [2.24, 2.45) is 0 Å². The molecule has 0 nitrogen and oxygen atoms in total. The summed E-state index contributed by atoms with van der Waals surface area (Å²) in [7, 11) is 2.46. The highest BCUT2D eigenvalue weighted by atomic mass is 28.1. The Morgan fingerprint density at radius 1 is 0.909 bits per heavy atom. The lowest BCUT2D eigenvalue weighted by atomic mass is 10.3. The Morgan fingerprint density at radius 3 is 2.00 bits per heavy atom. The summed E-state index contributed by atoms with van der Waals surface area (Å²) in [6.07, 6.45) is 0. The Balaban J connectivity index is 3.46. The predicted octanol–water partition coefficient (Wildman–Crippen LogP) is 1.04. The molecule has 1 aromatic carbocycles. The van der Waals surface area contributed by atoms with E-state index in [0.29, 0.717) is 0 Å². The molecule has 0 saturated heterocycles. The Hall–Kier alpha value is -0.843. The van der Waals surface area contributed by atoms with Gasteiger partial charge in [-0.2, -0.15) is 0 Å². The van der Waals surface area contributed by atoms with Crippen LogP contribution in [0.2, 0.25) is 0 Å². The number of hydrogen-bond acceptors (Lipinski definition) is 0. The molecular weight excluding hydrogens is 176 g/mol. The molecule has 0 N–H and O–H groups in total. The van der Waals surface area contributed by atoms with E-state index >= 15 is 0 Å². The van der Waals surface area contributed by atoms with Gasteiger partial charge in [-0.1, -0.05) is 0 Å². The normalized spacial score (nSPS) is 10.3. The summed E-state index contributed by atoms with van der Waals surface area (Å²) in [5.74, 6) is -5.95. The van der Waals surface area contributed by atoms with Gasteiger partial charge in [-0.15, -0.1) is 0 Å². The molecule has 0 aliphatic carbocycles. The second-order valence-electron chi connectivity index (χ2n) is 1.84. The van der Waals surface area contributed by atoms with Crippen LogP contribution < -0.4 is 5.19 Å². The molecule has 0 aliphatic rings. The van der Waals surface area contributed by atoms with Gasteiger partial charge in [0.2, 0.25) is 0 Å². The summed E-state index contributed by atoms with van der Waals surface area (Å²) in [6, 6.07) is 0.265. The van der Waals surface area contributed by atoms with Gasteiger partial charge in [0.1, 0.15) is 5.82 Å². The molecule has 1 rings (SSSR count). The molecule has 11 heavy (non-hydrogen) atoms. The topological polar surface area (TPSA) is 0 Å². The smallest absolute Gasteiger partial charge is 0.194 e. The molecule has 0 fully saturated rings. The van der Waals surface area contributed by atoms with Gasteiger partial charge in [-0.25, -0.2) is 17.6 Å². The average molecular weight is 177 g/mol. The molecule has 1 aromatic rings. The molecule has 0 spiro atoms. The SMILES string of the molecule is Fc1cc(F)c([Si])c(F)c1F. The fraction of sp³-hybridized carbons (Fsp3) is 0. The number of rotatable bonds is 0. The van der Waals surface area contributed by atoms with Gasteiger partial charge in [0, 0.05) is 11.3 Å². The van der Waals surface area contributed by atoms with E-state index < -0.39 is 28.5 Å². The van der Waals surface area contributed by atoms with Crippen molar-refractivity contribution in [2.75, 3.05) is 0 Å². The van der Waals surface area contributed by atoms with E-state index in [4.69, 9.17) is 0 Å². The van der Waals surface area contributed by atoms with Gasteiger partial charge >= 0.3 is 0 Å². The highest BCUT2D eigenvalue weighted by Gasteiger charge is 2.14. The average Bonchev–Trinajstić information content (AvgIpc) is 1.97. The lowest BCUT2D eigenvalue weighted by molar-refractivity contribution is 0.440. The van der Waals surface area contributed by atoms with Crippen molar-refractivity contribution >= 4 is 15.4 Å². The van der Waals surface area contributed by atoms with Crippen LogP contribution in [0.1, 0.15) is 0 Å².